The largest absolute Gasteiger partial charge is 0.399 e. The number of hydrogen-bond donors (Lipinski definition) is 2. The van der Waals surface area contributed by atoms with E-state index in [0.717, 1.165) is 12.8 Å². The maximum Gasteiger partial charge on any atom is 0.253 e. The van der Waals surface area contributed by atoms with Crippen LogP contribution in [-0.2, 0) is 9.53 Å². The zero-order valence-corrected chi connectivity index (χ0v) is 12.5. The molecule has 1 aromatic carbocycles. The molecule has 1 rings (SSSR count). The Hall–Kier alpha value is -0.970. The number of nitrogens with one attached hydrogen (secondary N) is 1. The van der Waals surface area contributed by atoms with Crippen molar-refractivity contribution in [3.8, 4) is 0 Å². The van der Waals surface area contributed by atoms with Crippen molar-refractivity contribution in [2.24, 2.45) is 0 Å². The van der Waals surface area contributed by atoms with E-state index in [1.54, 1.807) is 6.92 Å². The normalized spacial score (nSPS) is 12.2. The summed E-state index contributed by atoms with van der Waals surface area (Å²) in [6.07, 6.45) is 1.38. The number of unbranched alkanes of at least 4 members (excludes halogenated alkanes) is 1. The summed E-state index contributed by atoms with van der Waals surface area (Å²) < 4.78 is 5.40. The van der Waals surface area contributed by atoms with Crippen molar-refractivity contribution < 1.29 is 9.53 Å². The van der Waals surface area contributed by atoms with Gasteiger partial charge in [-0.1, -0.05) is 36.5 Å². The number of benzene rings is 1. The third-order valence-corrected chi connectivity index (χ3v) is 3.14. The fraction of sp³-hybridized carbons (Fsp3) is 0.462. The van der Waals surface area contributed by atoms with E-state index in [9.17, 15) is 4.79 Å². The van der Waals surface area contributed by atoms with Gasteiger partial charge in [0, 0.05) is 12.3 Å². The van der Waals surface area contributed by atoms with E-state index >= 15 is 0 Å². The summed E-state index contributed by atoms with van der Waals surface area (Å²) in [6.45, 7) is 4.29. The van der Waals surface area contributed by atoms with E-state index < -0.39 is 6.10 Å². The van der Waals surface area contributed by atoms with Gasteiger partial charge in [-0.2, -0.15) is 0 Å². The summed E-state index contributed by atoms with van der Waals surface area (Å²) in [5, 5.41) is 3.26. The van der Waals surface area contributed by atoms with Gasteiger partial charge in [0.2, 0.25) is 0 Å². The fourth-order valence-electron chi connectivity index (χ4n) is 1.42. The highest BCUT2D eigenvalue weighted by Crippen LogP contribution is 2.32. The standard InChI is InChI=1S/C13H18Cl2N2O2/c1-3-4-5-19-8(2)13(18)17-12-10(14)6-9(16)7-11(12)15/h6-8H,3-5,16H2,1-2H3,(H,17,18). The Morgan fingerprint density at radius 3 is 2.53 bits per heavy atom. The van der Waals surface area contributed by atoms with Crippen LogP contribution in [0.15, 0.2) is 12.1 Å². The van der Waals surface area contributed by atoms with Gasteiger partial charge in [0.1, 0.15) is 6.10 Å². The lowest BCUT2D eigenvalue weighted by Gasteiger charge is -2.15. The Morgan fingerprint density at radius 2 is 2.00 bits per heavy atom. The number of ether oxygens (including phenoxy) is 1. The van der Waals surface area contributed by atoms with Gasteiger partial charge >= 0.3 is 0 Å². The molecule has 0 bridgehead atoms. The second-order valence-corrected chi connectivity index (χ2v) is 5.03. The molecule has 0 fully saturated rings. The quantitative estimate of drug-likeness (QED) is 0.622. The SMILES string of the molecule is CCCCOC(C)C(=O)Nc1c(Cl)cc(N)cc1Cl. The minimum absolute atomic E-state index is 0.287. The number of carbonyl (C=O) groups is 1. The first-order valence-electron chi connectivity index (χ1n) is 6.12. The van der Waals surface area contributed by atoms with Crippen LogP contribution in [0.2, 0.25) is 10.0 Å². The number of anilines is 2. The number of rotatable bonds is 6. The lowest BCUT2D eigenvalue weighted by Crippen LogP contribution is -2.28. The molecule has 0 radical (unpaired) electrons. The molecule has 1 atom stereocenters. The van der Waals surface area contributed by atoms with Crippen LogP contribution in [0.25, 0.3) is 0 Å². The second kappa shape index (κ2) is 7.58. The molecule has 0 saturated heterocycles. The van der Waals surface area contributed by atoms with Gasteiger partial charge in [-0.05, 0) is 25.5 Å². The molecule has 1 unspecified atom stereocenters. The van der Waals surface area contributed by atoms with Gasteiger partial charge < -0.3 is 15.8 Å². The van der Waals surface area contributed by atoms with E-state index in [4.69, 9.17) is 33.7 Å². The Labute approximate surface area is 123 Å². The number of amides is 1. The van der Waals surface area contributed by atoms with Gasteiger partial charge in [-0.15, -0.1) is 0 Å². The van der Waals surface area contributed by atoms with Crippen molar-refractivity contribution in [1.82, 2.24) is 0 Å². The highest BCUT2D eigenvalue weighted by Gasteiger charge is 2.16. The molecule has 0 spiro atoms. The van der Waals surface area contributed by atoms with Crippen molar-refractivity contribution in [3.05, 3.63) is 22.2 Å². The summed E-state index contributed by atoms with van der Waals surface area (Å²) >= 11 is 12.0. The average molecular weight is 305 g/mol. The molecule has 19 heavy (non-hydrogen) atoms. The van der Waals surface area contributed by atoms with Crippen LogP contribution < -0.4 is 11.1 Å². The zero-order valence-electron chi connectivity index (χ0n) is 11.0. The Morgan fingerprint density at radius 1 is 1.42 bits per heavy atom. The summed E-state index contributed by atoms with van der Waals surface area (Å²) in [4.78, 5) is 11.9. The third-order valence-electron chi connectivity index (χ3n) is 2.55. The van der Waals surface area contributed by atoms with Gasteiger partial charge in [0.05, 0.1) is 15.7 Å². The molecule has 0 aliphatic carbocycles. The molecule has 4 nitrogen and oxygen atoms in total. The van der Waals surface area contributed by atoms with Crippen LogP contribution in [-0.4, -0.2) is 18.6 Å². The van der Waals surface area contributed by atoms with E-state index in [1.807, 2.05) is 0 Å². The summed E-state index contributed by atoms with van der Waals surface area (Å²) in [7, 11) is 0. The van der Waals surface area contributed by atoms with Gasteiger partial charge in [-0.3, -0.25) is 4.79 Å². The van der Waals surface area contributed by atoms with E-state index in [0.29, 0.717) is 28.0 Å². The maximum absolute atomic E-state index is 11.9. The van der Waals surface area contributed by atoms with Crippen molar-refractivity contribution in [3.63, 3.8) is 0 Å². The molecule has 0 saturated carbocycles. The lowest BCUT2D eigenvalue weighted by atomic mass is 10.2. The number of halogens is 2. The highest BCUT2D eigenvalue weighted by atomic mass is 35.5. The molecule has 6 heteroatoms. The zero-order chi connectivity index (χ0) is 14.4. The van der Waals surface area contributed by atoms with Gasteiger partial charge in [0.25, 0.3) is 5.91 Å². The molecule has 0 aromatic heterocycles. The average Bonchev–Trinajstić information content (AvgIpc) is 2.33. The smallest absolute Gasteiger partial charge is 0.253 e. The number of nitrogens with two attached hydrogens (primary N) is 1. The Balaban J connectivity index is 2.66. The molecular formula is C13H18Cl2N2O2. The van der Waals surface area contributed by atoms with Crippen LogP contribution in [0.4, 0.5) is 11.4 Å². The molecule has 0 aliphatic rings. The van der Waals surface area contributed by atoms with E-state index in [-0.39, 0.29) is 5.91 Å². The fourth-order valence-corrected chi connectivity index (χ4v) is 2.02. The maximum atomic E-state index is 11.9. The third kappa shape index (κ3) is 4.90. The minimum atomic E-state index is -0.559. The van der Waals surface area contributed by atoms with Gasteiger partial charge in [0.15, 0.2) is 0 Å². The van der Waals surface area contributed by atoms with E-state index in [1.165, 1.54) is 12.1 Å². The summed E-state index contributed by atoms with van der Waals surface area (Å²) in [5.41, 5.74) is 6.39. The van der Waals surface area contributed by atoms with Crippen LogP contribution in [0.5, 0.6) is 0 Å². The summed E-state index contributed by atoms with van der Waals surface area (Å²) in [6, 6.07) is 3.07. The summed E-state index contributed by atoms with van der Waals surface area (Å²) in [5.74, 6) is -0.287. The Kier molecular flexibility index (Phi) is 6.42. The minimum Gasteiger partial charge on any atom is -0.399 e. The first kappa shape index (κ1) is 16.1. The van der Waals surface area contributed by atoms with Gasteiger partial charge in [-0.25, -0.2) is 0 Å². The highest BCUT2D eigenvalue weighted by molar-refractivity contribution is 6.40. The predicted octanol–water partition coefficient (Wildman–Crippen LogP) is 3.72. The molecule has 1 aromatic rings. The Bertz CT molecular complexity index is 429. The van der Waals surface area contributed by atoms with Crippen molar-refractivity contribution in [1.29, 1.82) is 0 Å². The second-order valence-electron chi connectivity index (χ2n) is 4.22. The van der Waals surface area contributed by atoms with Crippen molar-refractivity contribution in [2.75, 3.05) is 17.7 Å². The van der Waals surface area contributed by atoms with E-state index in [2.05, 4.69) is 12.2 Å². The molecule has 106 valence electrons. The number of hydrogen-bond acceptors (Lipinski definition) is 3. The number of nitrogen functional groups attached to an aromatic ring is 1. The first-order chi connectivity index (χ1) is 8.95. The lowest BCUT2D eigenvalue weighted by molar-refractivity contribution is -0.126. The molecule has 3 N–H and O–H groups in total. The predicted molar refractivity (Wildman–Crippen MR) is 79.8 cm³/mol. The van der Waals surface area contributed by atoms with Crippen LogP contribution in [0.1, 0.15) is 26.7 Å². The van der Waals surface area contributed by atoms with Crippen molar-refractivity contribution >= 4 is 40.5 Å². The number of carbonyl (C=O) groups excluding carboxylic acids is 1. The van der Waals surface area contributed by atoms with Crippen LogP contribution in [0, 0.1) is 0 Å². The first-order valence-corrected chi connectivity index (χ1v) is 6.88. The van der Waals surface area contributed by atoms with Crippen LogP contribution in [0.3, 0.4) is 0 Å². The van der Waals surface area contributed by atoms with Crippen molar-refractivity contribution in [2.45, 2.75) is 32.8 Å². The molecule has 0 aliphatic heterocycles. The van der Waals surface area contributed by atoms with Crippen LogP contribution >= 0.6 is 23.2 Å². The molecule has 1 amide bonds. The monoisotopic (exact) mass is 304 g/mol. The molecular weight excluding hydrogens is 287 g/mol. The topological polar surface area (TPSA) is 64.3 Å². The molecule has 0 heterocycles.